The summed E-state index contributed by atoms with van der Waals surface area (Å²) in [6.45, 7) is 4.49. The molecule has 0 radical (unpaired) electrons. The maximum absolute atomic E-state index is 9.45. The second kappa shape index (κ2) is 5.64. The van der Waals surface area contributed by atoms with E-state index in [-0.39, 0.29) is 12.1 Å². The molecular formula is C15H23NOS. The van der Waals surface area contributed by atoms with E-state index in [0.717, 1.165) is 5.75 Å². The Morgan fingerprint density at radius 1 is 1.33 bits per heavy atom. The zero-order valence-electron chi connectivity index (χ0n) is 11.2. The predicted octanol–water partition coefficient (Wildman–Crippen LogP) is 3.00. The number of nitrogens with two attached hydrogens (primary N) is 1. The number of hydrogen-bond acceptors (Lipinski definition) is 3. The monoisotopic (exact) mass is 265 g/mol. The first-order valence-corrected chi connectivity index (χ1v) is 7.66. The third-order valence-electron chi connectivity index (χ3n) is 3.74. The fourth-order valence-electron chi connectivity index (χ4n) is 2.12. The minimum absolute atomic E-state index is 0.0920. The van der Waals surface area contributed by atoms with Crippen molar-refractivity contribution in [1.82, 2.24) is 0 Å². The highest BCUT2D eigenvalue weighted by Crippen LogP contribution is 2.40. The Morgan fingerprint density at radius 3 is 2.39 bits per heavy atom. The Kier molecular flexibility index (Phi) is 4.36. The fourth-order valence-corrected chi connectivity index (χ4v) is 3.21. The maximum atomic E-state index is 9.45. The van der Waals surface area contributed by atoms with E-state index in [2.05, 4.69) is 38.1 Å². The van der Waals surface area contributed by atoms with Crippen molar-refractivity contribution in [3.63, 3.8) is 0 Å². The maximum Gasteiger partial charge on any atom is 0.0622 e. The largest absolute Gasteiger partial charge is 0.394 e. The molecule has 1 aromatic rings. The minimum Gasteiger partial charge on any atom is -0.394 e. The second-order valence-electron chi connectivity index (χ2n) is 5.68. The van der Waals surface area contributed by atoms with Crippen LogP contribution in [0, 0.1) is 5.92 Å². The highest BCUT2D eigenvalue weighted by Gasteiger charge is 2.41. The van der Waals surface area contributed by atoms with Gasteiger partial charge >= 0.3 is 0 Å². The van der Waals surface area contributed by atoms with Crippen molar-refractivity contribution in [2.75, 3.05) is 12.4 Å². The molecule has 1 atom stereocenters. The highest BCUT2D eigenvalue weighted by atomic mass is 32.2. The van der Waals surface area contributed by atoms with Crippen LogP contribution in [0.4, 0.5) is 0 Å². The summed E-state index contributed by atoms with van der Waals surface area (Å²) < 4.78 is 0. The lowest BCUT2D eigenvalue weighted by Crippen LogP contribution is -2.48. The average Bonchev–Trinajstić information content (AvgIpc) is 3.21. The van der Waals surface area contributed by atoms with E-state index in [1.807, 2.05) is 0 Å². The van der Waals surface area contributed by atoms with Gasteiger partial charge in [0.1, 0.15) is 0 Å². The van der Waals surface area contributed by atoms with Gasteiger partial charge in [-0.1, -0.05) is 26.0 Å². The van der Waals surface area contributed by atoms with Gasteiger partial charge in [-0.25, -0.2) is 0 Å². The lowest BCUT2D eigenvalue weighted by atomic mass is 9.99. The number of benzene rings is 1. The Balaban J connectivity index is 1.93. The standard InChI is InChI=1S/C15H23NOS/c1-11(2)12-3-7-14(8-4-12)18-10-15(16,9-17)13-5-6-13/h3-4,7-8,11,13,17H,5-6,9-10,16H2,1-2H3. The molecule has 1 fully saturated rings. The van der Waals surface area contributed by atoms with Gasteiger partial charge in [-0.2, -0.15) is 0 Å². The Labute approximate surface area is 114 Å². The molecule has 18 heavy (non-hydrogen) atoms. The zero-order chi connectivity index (χ0) is 13.2. The summed E-state index contributed by atoms with van der Waals surface area (Å²) in [6.07, 6.45) is 2.34. The van der Waals surface area contributed by atoms with Crippen molar-refractivity contribution < 1.29 is 5.11 Å². The quantitative estimate of drug-likeness (QED) is 0.777. The summed E-state index contributed by atoms with van der Waals surface area (Å²) in [7, 11) is 0. The van der Waals surface area contributed by atoms with E-state index < -0.39 is 0 Å². The van der Waals surface area contributed by atoms with E-state index in [0.29, 0.717) is 11.8 Å². The van der Waals surface area contributed by atoms with Crippen LogP contribution in [-0.4, -0.2) is 23.0 Å². The molecule has 3 heteroatoms. The Hall–Kier alpha value is -0.510. The molecule has 0 aliphatic heterocycles. The van der Waals surface area contributed by atoms with Gasteiger partial charge < -0.3 is 10.8 Å². The molecule has 0 heterocycles. The molecule has 0 aromatic heterocycles. The number of rotatable bonds is 6. The van der Waals surface area contributed by atoms with E-state index in [9.17, 15) is 5.11 Å². The summed E-state index contributed by atoms with van der Waals surface area (Å²) in [5.41, 5.74) is 7.23. The van der Waals surface area contributed by atoms with Gasteiger partial charge in [0.05, 0.1) is 12.1 Å². The molecule has 1 aliphatic rings. The molecular weight excluding hydrogens is 242 g/mol. The van der Waals surface area contributed by atoms with Gasteiger partial charge in [-0.3, -0.25) is 0 Å². The lowest BCUT2D eigenvalue weighted by Gasteiger charge is -2.26. The molecule has 0 spiro atoms. The first-order valence-electron chi connectivity index (χ1n) is 6.67. The summed E-state index contributed by atoms with van der Waals surface area (Å²) >= 11 is 1.76. The normalized spacial score (nSPS) is 18.9. The molecule has 1 unspecified atom stereocenters. The first-order chi connectivity index (χ1) is 8.55. The van der Waals surface area contributed by atoms with E-state index in [1.54, 1.807) is 11.8 Å². The average molecular weight is 265 g/mol. The number of thioether (sulfide) groups is 1. The summed E-state index contributed by atoms with van der Waals surface area (Å²) in [5, 5.41) is 9.45. The third kappa shape index (κ3) is 3.28. The van der Waals surface area contributed by atoms with Crippen LogP contribution in [0.1, 0.15) is 38.2 Å². The Morgan fingerprint density at radius 2 is 1.94 bits per heavy atom. The van der Waals surface area contributed by atoms with Gasteiger partial charge in [0, 0.05) is 10.6 Å². The summed E-state index contributed by atoms with van der Waals surface area (Å²) in [6, 6.07) is 8.68. The van der Waals surface area contributed by atoms with Crippen LogP contribution >= 0.6 is 11.8 Å². The van der Waals surface area contributed by atoms with Crippen LogP contribution < -0.4 is 5.73 Å². The van der Waals surface area contributed by atoms with E-state index in [4.69, 9.17) is 5.73 Å². The van der Waals surface area contributed by atoms with Gasteiger partial charge in [-0.05, 0) is 42.4 Å². The molecule has 0 amide bonds. The van der Waals surface area contributed by atoms with Gasteiger partial charge in [0.2, 0.25) is 0 Å². The number of hydrogen-bond donors (Lipinski definition) is 2. The number of aliphatic hydroxyl groups is 1. The van der Waals surface area contributed by atoms with E-state index >= 15 is 0 Å². The third-order valence-corrected chi connectivity index (χ3v) is 5.03. The topological polar surface area (TPSA) is 46.2 Å². The molecule has 2 nitrogen and oxygen atoms in total. The van der Waals surface area contributed by atoms with Crippen molar-refractivity contribution in [3.8, 4) is 0 Å². The molecule has 1 aliphatic carbocycles. The van der Waals surface area contributed by atoms with E-state index in [1.165, 1.54) is 23.3 Å². The van der Waals surface area contributed by atoms with Crippen molar-refractivity contribution >= 4 is 11.8 Å². The predicted molar refractivity (Wildman–Crippen MR) is 78.0 cm³/mol. The van der Waals surface area contributed by atoms with Gasteiger partial charge in [0.25, 0.3) is 0 Å². The smallest absolute Gasteiger partial charge is 0.0622 e. The first kappa shape index (κ1) is 13.9. The molecule has 2 rings (SSSR count). The summed E-state index contributed by atoms with van der Waals surface area (Å²) in [5.74, 6) is 1.89. The Bertz CT molecular complexity index is 386. The molecule has 1 saturated carbocycles. The van der Waals surface area contributed by atoms with Crippen LogP contribution in [0.15, 0.2) is 29.2 Å². The molecule has 0 saturated heterocycles. The SMILES string of the molecule is CC(C)c1ccc(SCC(N)(CO)C2CC2)cc1. The molecule has 1 aromatic carbocycles. The molecule has 100 valence electrons. The van der Waals surface area contributed by atoms with Gasteiger partial charge in [0.15, 0.2) is 0 Å². The second-order valence-corrected chi connectivity index (χ2v) is 6.73. The van der Waals surface area contributed by atoms with Crippen LogP contribution in [0.2, 0.25) is 0 Å². The van der Waals surface area contributed by atoms with Crippen LogP contribution in [-0.2, 0) is 0 Å². The molecule has 0 bridgehead atoms. The number of aliphatic hydroxyl groups excluding tert-OH is 1. The minimum atomic E-state index is -0.388. The lowest BCUT2D eigenvalue weighted by molar-refractivity contribution is 0.194. The van der Waals surface area contributed by atoms with Crippen molar-refractivity contribution in [3.05, 3.63) is 29.8 Å². The van der Waals surface area contributed by atoms with Crippen molar-refractivity contribution in [1.29, 1.82) is 0 Å². The zero-order valence-corrected chi connectivity index (χ0v) is 12.0. The van der Waals surface area contributed by atoms with Crippen molar-refractivity contribution in [2.24, 2.45) is 11.7 Å². The summed E-state index contributed by atoms with van der Waals surface area (Å²) in [4.78, 5) is 1.24. The molecule has 3 N–H and O–H groups in total. The highest BCUT2D eigenvalue weighted by molar-refractivity contribution is 7.99. The fraction of sp³-hybridized carbons (Fsp3) is 0.600. The van der Waals surface area contributed by atoms with Crippen LogP contribution in [0.5, 0.6) is 0 Å². The van der Waals surface area contributed by atoms with Crippen LogP contribution in [0.3, 0.4) is 0 Å². The van der Waals surface area contributed by atoms with Gasteiger partial charge in [-0.15, -0.1) is 11.8 Å². The van der Waals surface area contributed by atoms with Crippen molar-refractivity contribution in [2.45, 2.75) is 43.0 Å². The van der Waals surface area contributed by atoms with Crippen LogP contribution in [0.25, 0.3) is 0 Å².